The van der Waals surface area contributed by atoms with Crippen LogP contribution in [-0.4, -0.2) is 19.1 Å². The summed E-state index contributed by atoms with van der Waals surface area (Å²) in [5, 5.41) is 2.47. The first-order valence-electron chi connectivity index (χ1n) is 17.6. The van der Waals surface area contributed by atoms with Gasteiger partial charge < -0.3 is 13.9 Å². The Bertz CT molecular complexity index is 2830. The molecule has 3 aromatic heterocycles. The van der Waals surface area contributed by atoms with E-state index in [1.54, 1.807) is 0 Å². The van der Waals surface area contributed by atoms with Gasteiger partial charge in [0, 0.05) is 57.9 Å². The molecule has 0 saturated carbocycles. The van der Waals surface area contributed by atoms with Crippen LogP contribution in [-0.2, 0) is 12.5 Å². The summed E-state index contributed by atoms with van der Waals surface area (Å²) in [5.41, 5.74) is 10.7. The number of pyridine rings is 1. The summed E-state index contributed by atoms with van der Waals surface area (Å²) in [6.07, 6.45) is 1.89. The number of benzene rings is 6. The number of fused-ring (bicyclic) bond motifs is 7. The van der Waals surface area contributed by atoms with Crippen LogP contribution >= 0.6 is 0 Å². The Labute approximate surface area is 301 Å². The van der Waals surface area contributed by atoms with Crippen LogP contribution in [0.3, 0.4) is 0 Å². The number of nitrogens with zero attached hydrogens (tertiary/aromatic N) is 5. The van der Waals surface area contributed by atoms with Gasteiger partial charge in [-0.1, -0.05) is 92.7 Å². The molecule has 6 heteroatoms. The molecule has 1 aliphatic heterocycles. The lowest BCUT2D eigenvalue weighted by Gasteiger charge is -2.41. The van der Waals surface area contributed by atoms with Crippen LogP contribution in [0.4, 0.5) is 17.2 Å². The fourth-order valence-corrected chi connectivity index (χ4v) is 8.19. The van der Waals surface area contributed by atoms with E-state index in [0.717, 1.165) is 56.8 Å². The molecule has 0 atom stereocenters. The maximum atomic E-state index is 6.60. The molecule has 0 radical (unpaired) electrons. The van der Waals surface area contributed by atoms with Crippen molar-refractivity contribution in [3.8, 4) is 28.6 Å². The summed E-state index contributed by atoms with van der Waals surface area (Å²) in [4.78, 5) is 12.2. The fraction of sp³-hybridized carbons (Fsp3) is 0.0870. The average Bonchev–Trinajstić information content (AvgIpc) is 3.70. The van der Waals surface area contributed by atoms with E-state index in [4.69, 9.17) is 14.7 Å². The summed E-state index contributed by atoms with van der Waals surface area (Å²) in [6.45, 7) is 4.65. The van der Waals surface area contributed by atoms with E-state index in [0.29, 0.717) is 0 Å². The van der Waals surface area contributed by atoms with Crippen molar-refractivity contribution in [1.82, 2.24) is 19.1 Å². The standard InChI is InChI=1S/C46H35N5O/c1-46(2)37-21-13-27-47-45(37)51(41-26-25-36-35-20-7-9-23-39(35)50(43(36)42(41)46)31-15-5-4-6-16-31)32-17-12-19-34(29-32)52-33-18-11-14-30(28-33)44-48-38-22-8-10-24-40(38)49(44)3/h4-29H,1-3H3. The molecule has 250 valence electrons. The van der Waals surface area contributed by atoms with Gasteiger partial charge in [-0.2, -0.15) is 0 Å². The summed E-state index contributed by atoms with van der Waals surface area (Å²) < 4.78 is 11.2. The molecule has 0 amide bonds. The largest absolute Gasteiger partial charge is 0.457 e. The van der Waals surface area contributed by atoms with E-state index in [-0.39, 0.29) is 5.41 Å². The molecular formula is C46H35N5O. The Hall–Kier alpha value is -6.66. The van der Waals surface area contributed by atoms with Gasteiger partial charge in [-0.3, -0.25) is 4.90 Å². The topological polar surface area (TPSA) is 48.1 Å². The van der Waals surface area contributed by atoms with Crippen LogP contribution in [0.2, 0.25) is 0 Å². The van der Waals surface area contributed by atoms with Crippen molar-refractivity contribution in [3.63, 3.8) is 0 Å². The van der Waals surface area contributed by atoms with Gasteiger partial charge >= 0.3 is 0 Å². The number of ether oxygens (including phenoxy) is 1. The molecule has 0 aliphatic carbocycles. The molecule has 6 nitrogen and oxygen atoms in total. The molecule has 0 bridgehead atoms. The third kappa shape index (κ3) is 4.50. The minimum absolute atomic E-state index is 0.347. The van der Waals surface area contributed by atoms with Gasteiger partial charge in [0.1, 0.15) is 23.1 Å². The molecule has 52 heavy (non-hydrogen) atoms. The van der Waals surface area contributed by atoms with Crippen molar-refractivity contribution in [2.75, 3.05) is 4.90 Å². The second-order valence-corrected chi connectivity index (χ2v) is 14.0. The van der Waals surface area contributed by atoms with E-state index < -0.39 is 0 Å². The van der Waals surface area contributed by atoms with Gasteiger partial charge in [-0.25, -0.2) is 9.97 Å². The third-order valence-corrected chi connectivity index (χ3v) is 10.6. The SMILES string of the molecule is Cn1c(-c2cccc(Oc3cccc(N4c5ccc6c7ccccc7n(-c7ccccc7)c6c5C(C)(C)c5cccnc54)c3)c2)nc2ccccc21. The van der Waals surface area contributed by atoms with E-state index in [9.17, 15) is 0 Å². The summed E-state index contributed by atoms with van der Waals surface area (Å²) in [7, 11) is 2.05. The molecular weight excluding hydrogens is 639 g/mol. The van der Waals surface area contributed by atoms with Crippen LogP contribution in [0.25, 0.3) is 49.9 Å². The molecule has 0 fully saturated rings. The second kappa shape index (κ2) is 11.4. The Morgan fingerprint density at radius 2 is 1.35 bits per heavy atom. The first-order valence-corrected chi connectivity index (χ1v) is 17.6. The maximum Gasteiger partial charge on any atom is 0.141 e. The van der Waals surface area contributed by atoms with Crippen LogP contribution < -0.4 is 9.64 Å². The Kier molecular flexibility index (Phi) is 6.64. The normalized spacial score (nSPS) is 13.4. The average molecular weight is 674 g/mol. The number of para-hydroxylation sites is 4. The zero-order chi connectivity index (χ0) is 35.0. The van der Waals surface area contributed by atoms with Crippen LogP contribution in [0, 0.1) is 0 Å². The Morgan fingerprint density at radius 3 is 2.19 bits per heavy atom. The van der Waals surface area contributed by atoms with Crippen LogP contribution in [0.15, 0.2) is 158 Å². The van der Waals surface area contributed by atoms with Crippen LogP contribution in [0.5, 0.6) is 11.5 Å². The highest BCUT2D eigenvalue weighted by Crippen LogP contribution is 2.54. The number of anilines is 3. The highest BCUT2D eigenvalue weighted by Gasteiger charge is 2.40. The molecule has 10 rings (SSSR count). The van der Waals surface area contributed by atoms with Crippen molar-refractivity contribution in [2.24, 2.45) is 7.05 Å². The lowest BCUT2D eigenvalue weighted by molar-refractivity contribution is 0.483. The minimum Gasteiger partial charge on any atom is -0.457 e. The van der Waals surface area contributed by atoms with Gasteiger partial charge in [0.15, 0.2) is 0 Å². The van der Waals surface area contributed by atoms with Crippen molar-refractivity contribution in [3.05, 3.63) is 169 Å². The molecule has 4 heterocycles. The molecule has 9 aromatic rings. The number of hydrogen-bond acceptors (Lipinski definition) is 4. The number of imidazole rings is 1. The quantitative estimate of drug-likeness (QED) is 0.182. The molecule has 0 saturated heterocycles. The summed E-state index contributed by atoms with van der Waals surface area (Å²) in [6, 6.07) is 52.9. The van der Waals surface area contributed by atoms with Crippen molar-refractivity contribution in [1.29, 1.82) is 0 Å². The van der Waals surface area contributed by atoms with Gasteiger partial charge in [0.2, 0.25) is 0 Å². The van der Waals surface area contributed by atoms with Gasteiger partial charge in [0.25, 0.3) is 0 Å². The predicted molar refractivity (Wildman–Crippen MR) is 212 cm³/mol. The summed E-state index contributed by atoms with van der Waals surface area (Å²) >= 11 is 0. The van der Waals surface area contributed by atoms with Gasteiger partial charge in [0.05, 0.1) is 33.4 Å². The lowest BCUT2D eigenvalue weighted by Crippen LogP contribution is -2.32. The monoisotopic (exact) mass is 673 g/mol. The van der Waals surface area contributed by atoms with E-state index in [1.165, 1.54) is 32.9 Å². The number of hydrogen-bond donors (Lipinski definition) is 0. The summed E-state index contributed by atoms with van der Waals surface area (Å²) in [5.74, 6) is 3.30. The fourth-order valence-electron chi connectivity index (χ4n) is 8.19. The molecule has 0 N–H and O–H groups in total. The highest BCUT2D eigenvalue weighted by molar-refractivity contribution is 6.13. The van der Waals surface area contributed by atoms with E-state index in [2.05, 4.69) is 144 Å². The third-order valence-electron chi connectivity index (χ3n) is 10.6. The van der Waals surface area contributed by atoms with E-state index in [1.807, 2.05) is 48.7 Å². The number of aryl methyl sites for hydroxylation is 1. The van der Waals surface area contributed by atoms with E-state index >= 15 is 0 Å². The highest BCUT2D eigenvalue weighted by atomic mass is 16.5. The van der Waals surface area contributed by atoms with Crippen molar-refractivity contribution in [2.45, 2.75) is 19.3 Å². The second-order valence-electron chi connectivity index (χ2n) is 14.0. The molecule has 1 aliphatic rings. The smallest absolute Gasteiger partial charge is 0.141 e. The Morgan fingerprint density at radius 1 is 0.615 bits per heavy atom. The number of rotatable bonds is 5. The lowest BCUT2D eigenvalue weighted by atomic mass is 9.73. The van der Waals surface area contributed by atoms with Gasteiger partial charge in [-0.15, -0.1) is 0 Å². The van der Waals surface area contributed by atoms with Crippen LogP contribution in [0.1, 0.15) is 25.0 Å². The predicted octanol–water partition coefficient (Wildman–Crippen LogP) is 11.6. The number of aromatic nitrogens is 4. The first-order chi connectivity index (χ1) is 25.5. The zero-order valence-electron chi connectivity index (χ0n) is 29.2. The van der Waals surface area contributed by atoms with Gasteiger partial charge in [-0.05, 0) is 66.7 Å². The van der Waals surface area contributed by atoms with Crippen molar-refractivity contribution >= 4 is 50.0 Å². The minimum atomic E-state index is -0.347. The van der Waals surface area contributed by atoms with Crippen molar-refractivity contribution < 1.29 is 4.74 Å². The first kappa shape index (κ1) is 30.2. The molecule has 6 aromatic carbocycles. The molecule has 0 unspecified atom stereocenters. The maximum absolute atomic E-state index is 6.60. The zero-order valence-corrected chi connectivity index (χ0v) is 29.2. The molecule has 0 spiro atoms. The Balaban J connectivity index is 1.13.